The van der Waals surface area contributed by atoms with Gasteiger partial charge < -0.3 is 10.6 Å². The molecule has 0 radical (unpaired) electrons. The molecule has 1 fully saturated rings. The van der Waals surface area contributed by atoms with Crippen LogP contribution in [-0.2, 0) is 17.8 Å². The smallest absolute Gasteiger partial charge is 0.222 e. The first-order valence-electron chi connectivity index (χ1n) is 11.2. The Morgan fingerprint density at radius 2 is 2.00 bits per heavy atom. The molecule has 0 saturated heterocycles. The van der Waals surface area contributed by atoms with Crippen LogP contribution in [0.15, 0.2) is 6.33 Å². The number of aryl methyl sites for hydroxylation is 1. The Hall–Kier alpha value is -2.18. The molecule has 160 valence electrons. The molecule has 0 aliphatic heterocycles. The summed E-state index contributed by atoms with van der Waals surface area (Å²) in [6.45, 7) is 8.41. The molecular formula is C22H36N6O. The maximum absolute atomic E-state index is 11.8. The van der Waals surface area contributed by atoms with Crippen LogP contribution >= 0.6 is 0 Å². The fraction of sp³-hybridized carbons (Fsp3) is 0.727. The van der Waals surface area contributed by atoms with Crippen molar-refractivity contribution < 1.29 is 4.79 Å². The van der Waals surface area contributed by atoms with Gasteiger partial charge >= 0.3 is 0 Å². The molecule has 0 bridgehead atoms. The van der Waals surface area contributed by atoms with Crippen LogP contribution in [0, 0.1) is 17.8 Å². The van der Waals surface area contributed by atoms with Gasteiger partial charge in [0.25, 0.3) is 0 Å². The van der Waals surface area contributed by atoms with Crippen LogP contribution in [-0.4, -0.2) is 39.2 Å². The van der Waals surface area contributed by atoms with Crippen molar-refractivity contribution in [3.63, 3.8) is 0 Å². The predicted molar refractivity (Wildman–Crippen MR) is 117 cm³/mol. The molecule has 2 heterocycles. The summed E-state index contributed by atoms with van der Waals surface area (Å²) < 4.78 is 2.05. The summed E-state index contributed by atoms with van der Waals surface area (Å²) >= 11 is 0. The van der Waals surface area contributed by atoms with E-state index in [0.717, 1.165) is 80.6 Å². The van der Waals surface area contributed by atoms with E-state index in [1.807, 2.05) is 0 Å². The summed E-state index contributed by atoms with van der Waals surface area (Å²) in [4.78, 5) is 21.0. The van der Waals surface area contributed by atoms with Crippen molar-refractivity contribution in [3.8, 4) is 0 Å². The van der Waals surface area contributed by atoms with Crippen molar-refractivity contribution in [2.45, 2.75) is 72.3 Å². The second kappa shape index (κ2) is 10.0. The van der Waals surface area contributed by atoms with Crippen LogP contribution in [0.1, 0.15) is 65.0 Å². The lowest BCUT2D eigenvalue weighted by Crippen LogP contribution is -2.32. The number of anilines is 1. The van der Waals surface area contributed by atoms with Gasteiger partial charge in [-0.2, -0.15) is 5.10 Å². The predicted octanol–water partition coefficient (Wildman–Crippen LogP) is 3.79. The lowest BCUT2D eigenvalue weighted by molar-refractivity contribution is -0.125. The maximum atomic E-state index is 11.8. The van der Waals surface area contributed by atoms with Gasteiger partial charge in [-0.05, 0) is 50.4 Å². The number of nitrogens with zero attached hydrogens (tertiary/aromatic N) is 4. The Bertz CT molecular complexity index is 807. The molecule has 2 N–H and O–H groups in total. The molecule has 0 spiro atoms. The summed E-state index contributed by atoms with van der Waals surface area (Å²) in [5.41, 5.74) is 2.03. The van der Waals surface area contributed by atoms with Gasteiger partial charge in [0.15, 0.2) is 5.65 Å². The number of nitrogens with one attached hydrogen (secondary N) is 2. The Morgan fingerprint density at radius 1 is 1.24 bits per heavy atom. The normalized spacial score (nSPS) is 19.6. The molecule has 7 heteroatoms. The molecule has 0 aromatic carbocycles. The Kier molecular flexibility index (Phi) is 7.45. The monoisotopic (exact) mass is 400 g/mol. The molecule has 7 nitrogen and oxygen atoms in total. The third-order valence-electron chi connectivity index (χ3n) is 5.95. The number of rotatable bonds is 9. The SMILES string of the molecule is CCCCn1nc(CC(C)C)c2c(NCC3CCC(C(=O)NC)CC3)ncnc21. The third-order valence-corrected chi connectivity index (χ3v) is 5.95. The van der Waals surface area contributed by atoms with E-state index in [0.29, 0.717) is 11.8 Å². The molecule has 0 atom stereocenters. The topological polar surface area (TPSA) is 84.7 Å². The lowest BCUT2D eigenvalue weighted by atomic mass is 9.81. The maximum Gasteiger partial charge on any atom is 0.222 e. The minimum Gasteiger partial charge on any atom is -0.369 e. The van der Waals surface area contributed by atoms with Crippen molar-refractivity contribution in [1.82, 2.24) is 25.1 Å². The number of hydrogen-bond acceptors (Lipinski definition) is 5. The summed E-state index contributed by atoms with van der Waals surface area (Å²) in [5.74, 6) is 2.37. The van der Waals surface area contributed by atoms with E-state index in [2.05, 4.69) is 46.1 Å². The quantitative estimate of drug-likeness (QED) is 0.669. The van der Waals surface area contributed by atoms with E-state index in [1.54, 1.807) is 13.4 Å². The summed E-state index contributed by atoms with van der Waals surface area (Å²) in [7, 11) is 1.73. The number of fused-ring (bicyclic) bond motifs is 1. The van der Waals surface area contributed by atoms with Crippen molar-refractivity contribution in [2.75, 3.05) is 18.9 Å². The highest BCUT2D eigenvalue weighted by atomic mass is 16.1. The van der Waals surface area contributed by atoms with Gasteiger partial charge in [0.1, 0.15) is 12.1 Å². The second-order valence-corrected chi connectivity index (χ2v) is 8.76. The molecule has 3 rings (SSSR count). The van der Waals surface area contributed by atoms with Crippen molar-refractivity contribution in [2.24, 2.45) is 17.8 Å². The molecule has 1 amide bonds. The average Bonchev–Trinajstić information content (AvgIpc) is 3.07. The third kappa shape index (κ3) is 5.25. The van der Waals surface area contributed by atoms with Gasteiger partial charge in [-0.25, -0.2) is 14.6 Å². The van der Waals surface area contributed by atoms with E-state index in [9.17, 15) is 4.79 Å². The number of unbranched alkanes of at least 4 members (excludes halogenated alkanes) is 1. The fourth-order valence-corrected chi connectivity index (χ4v) is 4.28. The highest BCUT2D eigenvalue weighted by Crippen LogP contribution is 2.30. The standard InChI is InChI=1S/C22H36N6O/c1-5-6-11-28-21-19(18(27-28)12-15(2)3)20(25-14-26-21)24-13-16-7-9-17(10-8-16)22(29)23-4/h14-17H,5-13H2,1-4H3,(H,23,29)(H,24,25,26). The van der Waals surface area contributed by atoms with Gasteiger partial charge in [-0.1, -0.05) is 27.2 Å². The minimum absolute atomic E-state index is 0.177. The molecule has 29 heavy (non-hydrogen) atoms. The van der Waals surface area contributed by atoms with Gasteiger partial charge in [0.2, 0.25) is 5.91 Å². The van der Waals surface area contributed by atoms with Crippen LogP contribution in [0.4, 0.5) is 5.82 Å². The van der Waals surface area contributed by atoms with Crippen LogP contribution in [0.2, 0.25) is 0 Å². The Morgan fingerprint density at radius 3 is 2.66 bits per heavy atom. The number of aromatic nitrogens is 4. The first kappa shape index (κ1) is 21.5. The number of hydrogen-bond donors (Lipinski definition) is 2. The first-order chi connectivity index (χ1) is 14.0. The van der Waals surface area contributed by atoms with E-state index in [1.165, 1.54) is 0 Å². The highest BCUT2D eigenvalue weighted by molar-refractivity contribution is 5.89. The molecule has 2 aromatic rings. The van der Waals surface area contributed by atoms with Crippen LogP contribution in [0.25, 0.3) is 11.0 Å². The zero-order valence-electron chi connectivity index (χ0n) is 18.4. The summed E-state index contributed by atoms with van der Waals surface area (Å²) in [6, 6.07) is 0. The van der Waals surface area contributed by atoms with Gasteiger partial charge in [-0.3, -0.25) is 4.79 Å². The molecule has 2 aromatic heterocycles. The van der Waals surface area contributed by atoms with E-state index in [4.69, 9.17) is 5.10 Å². The summed E-state index contributed by atoms with van der Waals surface area (Å²) in [5, 5.41) is 12.3. The minimum atomic E-state index is 0.177. The largest absolute Gasteiger partial charge is 0.369 e. The van der Waals surface area contributed by atoms with Crippen LogP contribution in [0.3, 0.4) is 0 Å². The molecule has 1 aliphatic carbocycles. The number of carbonyl (C=O) groups is 1. The second-order valence-electron chi connectivity index (χ2n) is 8.76. The highest BCUT2D eigenvalue weighted by Gasteiger charge is 2.26. The van der Waals surface area contributed by atoms with Crippen LogP contribution < -0.4 is 10.6 Å². The van der Waals surface area contributed by atoms with Crippen molar-refractivity contribution in [1.29, 1.82) is 0 Å². The van der Waals surface area contributed by atoms with E-state index >= 15 is 0 Å². The first-order valence-corrected chi connectivity index (χ1v) is 11.2. The van der Waals surface area contributed by atoms with E-state index in [-0.39, 0.29) is 11.8 Å². The zero-order valence-corrected chi connectivity index (χ0v) is 18.4. The Labute approximate surface area is 174 Å². The molecule has 1 aliphatic rings. The molecular weight excluding hydrogens is 364 g/mol. The zero-order chi connectivity index (χ0) is 20.8. The number of amides is 1. The Balaban J connectivity index is 1.73. The summed E-state index contributed by atoms with van der Waals surface area (Å²) in [6.07, 6.45) is 8.90. The number of carbonyl (C=O) groups excluding carboxylic acids is 1. The van der Waals surface area contributed by atoms with Gasteiger partial charge in [-0.15, -0.1) is 0 Å². The fourth-order valence-electron chi connectivity index (χ4n) is 4.28. The average molecular weight is 401 g/mol. The lowest BCUT2D eigenvalue weighted by Gasteiger charge is -2.27. The van der Waals surface area contributed by atoms with Crippen molar-refractivity contribution in [3.05, 3.63) is 12.0 Å². The van der Waals surface area contributed by atoms with Gasteiger partial charge in [0, 0.05) is 26.1 Å². The molecule has 1 saturated carbocycles. The molecule has 0 unspecified atom stereocenters. The van der Waals surface area contributed by atoms with Gasteiger partial charge in [0.05, 0.1) is 11.1 Å². The van der Waals surface area contributed by atoms with Crippen molar-refractivity contribution >= 4 is 22.8 Å². The van der Waals surface area contributed by atoms with E-state index < -0.39 is 0 Å². The van der Waals surface area contributed by atoms with Crippen LogP contribution in [0.5, 0.6) is 0 Å².